The second-order valence-corrected chi connectivity index (χ2v) is 4.67. The molecule has 0 fully saturated rings. The summed E-state index contributed by atoms with van der Waals surface area (Å²) < 4.78 is 19.3. The molecule has 0 bridgehead atoms. The van der Waals surface area contributed by atoms with Crippen molar-refractivity contribution in [3.05, 3.63) is 58.3 Å². The van der Waals surface area contributed by atoms with Crippen LogP contribution in [0, 0.1) is 5.82 Å². The van der Waals surface area contributed by atoms with Crippen molar-refractivity contribution in [2.75, 3.05) is 0 Å². The van der Waals surface area contributed by atoms with Crippen LogP contribution in [-0.2, 0) is 5.88 Å². The lowest BCUT2D eigenvalue weighted by molar-refractivity contribution is 0.476. The summed E-state index contributed by atoms with van der Waals surface area (Å²) in [7, 11) is 0. The fraction of sp³-hybridized carbons (Fsp3) is 0.0769. The van der Waals surface area contributed by atoms with Crippen molar-refractivity contribution in [3.8, 4) is 11.5 Å². The van der Waals surface area contributed by atoms with Crippen LogP contribution in [0.1, 0.15) is 5.56 Å². The van der Waals surface area contributed by atoms with Crippen molar-refractivity contribution in [1.29, 1.82) is 0 Å². The van der Waals surface area contributed by atoms with E-state index in [1.54, 1.807) is 18.2 Å². The molecule has 0 N–H and O–H groups in total. The Morgan fingerprint density at radius 1 is 1.06 bits per heavy atom. The zero-order valence-corrected chi connectivity index (χ0v) is 11.1. The van der Waals surface area contributed by atoms with Crippen LogP contribution in [0.25, 0.3) is 0 Å². The molecular weight excluding hydrogens is 306 g/mol. The average molecular weight is 316 g/mol. The van der Waals surface area contributed by atoms with Crippen molar-refractivity contribution in [2.24, 2.45) is 0 Å². The maximum atomic E-state index is 13.1. The van der Waals surface area contributed by atoms with Gasteiger partial charge in [-0.25, -0.2) is 4.39 Å². The summed E-state index contributed by atoms with van der Waals surface area (Å²) in [5.74, 6) is 1.23. The van der Waals surface area contributed by atoms with E-state index in [0.717, 1.165) is 5.56 Å². The molecule has 0 saturated heterocycles. The quantitative estimate of drug-likeness (QED) is 0.714. The molecule has 0 aliphatic rings. The fourth-order valence-electron chi connectivity index (χ4n) is 1.37. The molecule has 1 nitrogen and oxygen atoms in total. The smallest absolute Gasteiger partial charge is 0.131 e. The van der Waals surface area contributed by atoms with E-state index in [-0.39, 0.29) is 5.82 Å². The highest BCUT2D eigenvalue weighted by Gasteiger charge is 2.01. The van der Waals surface area contributed by atoms with Gasteiger partial charge in [0, 0.05) is 16.4 Å². The fourth-order valence-corrected chi connectivity index (χ4v) is 1.99. The van der Waals surface area contributed by atoms with E-state index < -0.39 is 0 Å². The highest BCUT2D eigenvalue weighted by atomic mass is 79.9. The summed E-state index contributed by atoms with van der Waals surface area (Å²) in [6.45, 7) is 0. The van der Waals surface area contributed by atoms with E-state index in [4.69, 9.17) is 16.3 Å². The molecule has 2 aromatic carbocycles. The van der Waals surface area contributed by atoms with Crippen molar-refractivity contribution in [3.63, 3.8) is 0 Å². The molecule has 88 valence electrons. The number of rotatable bonds is 3. The molecule has 0 spiro atoms. The monoisotopic (exact) mass is 314 g/mol. The summed E-state index contributed by atoms with van der Waals surface area (Å²) in [6, 6.07) is 11.8. The van der Waals surface area contributed by atoms with Crippen molar-refractivity contribution in [2.45, 2.75) is 5.88 Å². The van der Waals surface area contributed by atoms with E-state index in [9.17, 15) is 4.39 Å². The summed E-state index contributed by atoms with van der Waals surface area (Å²) in [5, 5.41) is 0. The maximum absolute atomic E-state index is 13.1. The highest BCUT2D eigenvalue weighted by Crippen LogP contribution is 2.26. The van der Waals surface area contributed by atoms with Crippen molar-refractivity contribution >= 4 is 27.5 Å². The second-order valence-electron chi connectivity index (χ2n) is 3.48. The molecule has 2 rings (SSSR count). The minimum Gasteiger partial charge on any atom is -0.457 e. The number of hydrogen-bond donors (Lipinski definition) is 0. The molecule has 0 aliphatic carbocycles. The first-order valence-corrected chi connectivity index (χ1v) is 6.29. The van der Waals surface area contributed by atoms with Gasteiger partial charge >= 0.3 is 0 Å². The highest BCUT2D eigenvalue weighted by molar-refractivity contribution is 9.10. The van der Waals surface area contributed by atoms with Gasteiger partial charge in [-0.15, -0.1) is 11.6 Å². The molecule has 0 aliphatic heterocycles. The number of benzene rings is 2. The summed E-state index contributed by atoms with van der Waals surface area (Å²) in [5.41, 5.74) is 1.01. The molecule has 0 amide bonds. The topological polar surface area (TPSA) is 9.23 Å². The minimum absolute atomic E-state index is 0.341. The van der Waals surface area contributed by atoms with Gasteiger partial charge < -0.3 is 4.74 Å². The first-order valence-electron chi connectivity index (χ1n) is 4.96. The molecular formula is C13H9BrClFO. The predicted octanol–water partition coefficient (Wildman–Crippen LogP) is 5.12. The number of ether oxygens (including phenoxy) is 1. The van der Waals surface area contributed by atoms with Crippen LogP contribution < -0.4 is 4.74 Å². The van der Waals surface area contributed by atoms with E-state index in [1.807, 2.05) is 12.1 Å². The zero-order valence-electron chi connectivity index (χ0n) is 8.79. The van der Waals surface area contributed by atoms with Gasteiger partial charge in [0.2, 0.25) is 0 Å². The Bertz CT molecular complexity index is 493. The van der Waals surface area contributed by atoms with Gasteiger partial charge in [0.25, 0.3) is 0 Å². The van der Waals surface area contributed by atoms with E-state index in [2.05, 4.69) is 15.9 Å². The zero-order chi connectivity index (χ0) is 12.3. The first kappa shape index (κ1) is 12.4. The van der Waals surface area contributed by atoms with Crippen LogP contribution >= 0.6 is 27.5 Å². The van der Waals surface area contributed by atoms with Gasteiger partial charge in [-0.05, 0) is 29.8 Å². The Morgan fingerprint density at radius 3 is 2.35 bits per heavy atom. The molecule has 2 aromatic rings. The molecule has 0 unspecified atom stereocenters. The van der Waals surface area contributed by atoms with Crippen LogP contribution in [0.2, 0.25) is 0 Å². The van der Waals surface area contributed by atoms with Crippen molar-refractivity contribution < 1.29 is 9.13 Å². The lowest BCUT2D eigenvalue weighted by atomic mass is 10.2. The van der Waals surface area contributed by atoms with Gasteiger partial charge in [0.1, 0.15) is 17.3 Å². The molecule has 0 atom stereocenters. The third-order valence-corrected chi connectivity index (χ3v) is 2.92. The SMILES string of the molecule is Fc1cc(Br)cc(Oc2ccc(CCl)cc2)c1. The molecule has 17 heavy (non-hydrogen) atoms. The summed E-state index contributed by atoms with van der Waals surface area (Å²) >= 11 is 8.90. The lowest BCUT2D eigenvalue weighted by Gasteiger charge is -2.06. The van der Waals surface area contributed by atoms with Crippen molar-refractivity contribution in [1.82, 2.24) is 0 Å². The Labute approximate surface area is 112 Å². The van der Waals surface area contributed by atoms with Gasteiger partial charge in [-0.1, -0.05) is 28.1 Å². The van der Waals surface area contributed by atoms with Gasteiger partial charge in [-0.2, -0.15) is 0 Å². The van der Waals surface area contributed by atoms with Crippen LogP contribution in [0.3, 0.4) is 0 Å². The van der Waals surface area contributed by atoms with Crippen LogP contribution in [0.15, 0.2) is 46.9 Å². The number of halogens is 3. The first-order chi connectivity index (χ1) is 8.17. The number of hydrogen-bond acceptors (Lipinski definition) is 1. The van der Waals surface area contributed by atoms with Gasteiger partial charge in [-0.3, -0.25) is 0 Å². The Balaban J connectivity index is 2.19. The summed E-state index contributed by atoms with van der Waals surface area (Å²) in [6.07, 6.45) is 0. The van der Waals surface area contributed by atoms with Crippen LogP contribution in [0.4, 0.5) is 4.39 Å². The third kappa shape index (κ3) is 3.45. The molecule has 0 radical (unpaired) electrons. The van der Waals surface area contributed by atoms with E-state index in [1.165, 1.54) is 12.1 Å². The predicted molar refractivity (Wildman–Crippen MR) is 70.2 cm³/mol. The number of alkyl halides is 1. The molecule has 4 heteroatoms. The molecule has 0 aromatic heterocycles. The normalized spacial score (nSPS) is 10.3. The maximum Gasteiger partial charge on any atom is 0.131 e. The van der Waals surface area contributed by atoms with E-state index in [0.29, 0.717) is 21.9 Å². The summed E-state index contributed by atoms with van der Waals surface area (Å²) in [4.78, 5) is 0. The Morgan fingerprint density at radius 2 is 1.76 bits per heavy atom. The van der Waals surface area contributed by atoms with Crippen LogP contribution in [0.5, 0.6) is 11.5 Å². The third-order valence-electron chi connectivity index (χ3n) is 2.15. The standard InChI is InChI=1S/C13H9BrClFO/c14-10-5-11(16)7-13(6-10)17-12-3-1-9(8-15)2-4-12/h1-7H,8H2. The van der Waals surface area contributed by atoms with Crippen LogP contribution in [-0.4, -0.2) is 0 Å². The van der Waals surface area contributed by atoms with Gasteiger partial charge in [0.05, 0.1) is 0 Å². The second kappa shape index (κ2) is 5.52. The molecule has 0 saturated carbocycles. The average Bonchev–Trinajstić information content (AvgIpc) is 2.28. The Hall–Kier alpha value is -1.06. The largest absolute Gasteiger partial charge is 0.457 e. The molecule has 0 heterocycles. The van der Waals surface area contributed by atoms with Gasteiger partial charge in [0.15, 0.2) is 0 Å². The van der Waals surface area contributed by atoms with E-state index >= 15 is 0 Å². The minimum atomic E-state index is -0.341. The Kier molecular flexibility index (Phi) is 4.02. The lowest BCUT2D eigenvalue weighted by Crippen LogP contribution is -1.86.